The Bertz CT molecular complexity index is 264. The van der Waals surface area contributed by atoms with E-state index in [9.17, 15) is 10.2 Å². The Morgan fingerprint density at radius 2 is 1.17 bits per heavy atom. The molecular formula is C15H35N3O6. The minimum absolute atomic E-state index is 0.238. The van der Waals surface area contributed by atoms with Crippen molar-refractivity contribution in [2.45, 2.75) is 31.2 Å². The van der Waals surface area contributed by atoms with Crippen LogP contribution in [0.2, 0.25) is 0 Å². The van der Waals surface area contributed by atoms with Crippen molar-refractivity contribution in [3.8, 4) is 0 Å². The van der Waals surface area contributed by atoms with Crippen LogP contribution in [0, 0.1) is 0 Å². The van der Waals surface area contributed by atoms with Crippen LogP contribution in [0.25, 0.3) is 0 Å². The molecule has 9 heteroatoms. The predicted molar refractivity (Wildman–Crippen MR) is 90.7 cm³/mol. The van der Waals surface area contributed by atoms with E-state index in [-0.39, 0.29) is 32.9 Å². The molecule has 146 valence electrons. The Labute approximate surface area is 143 Å². The van der Waals surface area contributed by atoms with Gasteiger partial charge in [-0.25, -0.2) is 0 Å². The van der Waals surface area contributed by atoms with Crippen molar-refractivity contribution >= 4 is 0 Å². The molecule has 0 aliphatic heterocycles. The summed E-state index contributed by atoms with van der Waals surface area (Å²) < 4.78 is 0. The van der Waals surface area contributed by atoms with Crippen LogP contribution in [0.1, 0.15) is 12.8 Å². The van der Waals surface area contributed by atoms with E-state index in [1.54, 1.807) is 0 Å². The average molecular weight is 353 g/mol. The first kappa shape index (κ1) is 23.6. The molecule has 0 bridgehead atoms. The first-order valence-corrected chi connectivity index (χ1v) is 8.54. The lowest BCUT2D eigenvalue weighted by Crippen LogP contribution is -2.41. The van der Waals surface area contributed by atoms with Crippen LogP contribution in [0.4, 0.5) is 0 Å². The van der Waals surface area contributed by atoms with Gasteiger partial charge in [0.1, 0.15) is 0 Å². The zero-order chi connectivity index (χ0) is 18.2. The fourth-order valence-corrected chi connectivity index (χ4v) is 2.19. The van der Waals surface area contributed by atoms with Crippen molar-refractivity contribution in [2.24, 2.45) is 0 Å². The second-order valence-corrected chi connectivity index (χ2v) is 5.93. The molecule has 3 atom stereocenters. The van der Waals surface area contributed by atoms with E-state index in [1.807, 2.05) is 4.90 Å². The number of hydrogen-bond acceptors (Lipinski definition) is 9. The van der Waals surface area contributed by atoms with E-state index in [0.29, 0.717) is 13.1 Å². The highest BCUT2D eigenvalue weighted by Crippen LogP contribution is 1.98. The summed E-state index contributed by atoms with van der Waals surface area (Å²) in [5.41, 5.74) is 0. The SMILES string of the molecule is OCC(O)CNCCCNCCCN(CC(O)CO)CC(O)CO. The van der Waals surface area contributed by atoms with Crippen LogP contribution >= 0.6 is 0 Å². The fraction of sp³-hybridized carbons (Fsp3) is 1.00. The maximum Gasteiger partial charge on any atom is 0.0897 e. The normalized spacial score (nSPS) is 15.6. The molecule has 0 aromatic heterocycles. The molecule has 0 amide bonds. The van der Waals surface area contributed by atoms with Crippen molar-refractivity contribution in [1.29, 1.82) is 0 Å². The largest absolute Gasteiger partial charge is 0.394 e. The van der Waals surface area contributed by atoms with Crippen molar-refractivity contribution in [2.75, 3.05) is 65.6 Å². The van der Waals surface area contributed by atoms with E-state index in [4.69, 9.17) is 20.4 Å². The third-order valence-electron chi connectivity index (χ3n) is 3.49. The molecule has 0 aromatic carbocycles. The molecule has 9 nitrogen and oxygen atoms in total. The molecule has 3 unspecified atom stereocenters. The lowest BCUT2D eigenvalue weighted by atomic mass is 10.2. The molecule has 24 heavy (non-hydrogen) atoms. The van der Waals surface area contributed by atoms with Crippen LogP contribution in [0.5, 0.6) is 0 Å². The Morgan fingerprint density at radius 3 is 1.71 bits per heavy atom. The van der Waals surface area contributed by atoms with Gasteiger partial charge in [0.15, 0.2) is 0 Å². The number of hydrogen-bond donors (Lipinski definition) is 8. The third kappa shape index (κ3) is 14.0. The number of rotatable bonds is 17. The van der Waals surface area contributed by atoms with Crippen molar-refractivity contribution in [3.63, 3.8) is 0 Å². The van der Waals surface area contributed by atoms with E-state index in [2.05, 4.69) is 10.6 Å². The lowest BCUT2D eigenvalue weighted by Gasteiger charge is -2.26. The van der Waals surface area contributed by atoms with Crippen LogP contribution in [0.15, 0.2) is 0 Å². The highest BCUT2D eigenvalue weighted by molar-refractivity contribution is 4.68. The molecule has 0 saturated heterocycles. The van der Waals surface area contributed by atoms with Gasteiger partial charge in [0.2, 0.25) is 0 Å². The van der Waals surface area contributed by atoms with Gasteiger partial charge in [-0.1, -0.05) is 0 Å². The predicted octanol–water partition coefficient (Wildman–Crippen LogP) is -3.69. The maximum absolute atomic E-state index is 9.50. The van der Waals surface area contributed by atoms with Gasteiger partial charge in [-0.05, 0) is 39.0 Å². The summed E-state index contributed by atoms with van der Waals surface area (Å²) in [6, 6.07) is 0. The Hall–Kier alpha value is -0.360. The minimum atomic E-state index is -0.857. The van der Waals surface area contributed by atoms with Gasteiger partial charge in [-0.3, -0.25) is 4.90 Å². The summed E-state index contributed by atoms with van der Waals surface area (Å²) in [5.74, 6) is 0. The molecule has 0 fully saturated rings. The first-order chi connectivity index (χ1) is 11.5. The molecule has 0 saturated carbocycles. The van der Waals surface area contributed by atoms with Crippen LogP contribution in [0.3, 0.4) is 0 Å². The van der Waals surface area contributed by atoms with Gasteiger partial charge in [0.25, 0.3) is 0 Å². The smallest absolute Gasteiger partial charge is 0.0897 e. The summed E-state index contributed by atoms with van der Waals surface area (Å²) in [4.78, 5) is 1.82. The van der Waals surface area contributed by atoms with E-state index in [1.165, 1.54) is 0 Å². The number of aliphatic hydroxyl groups excluding tert-OH is 6. The monoisotopic (exact) mass is 353 g/mol. The zero-order valence-corrected chi connectivity index (χ0v) is 14.3. The zero-order valence-electron chi connectivity index (χ0n) is 14.3. The van der Waals surface area contributed by atoms with Crippen molar-refractivity contribution in [3.05, 3.63) is 0 Å². The van der Waals surface area contributed by atoms with Gasteiger partial charge in [-0.15, -0.1) is 0 Å². The van der Waals surface area contributed by atoms with E-state index >= 15 is 0 Å². The summed E-state index contributed by atoms with van der Waals surface area (Å²) in [5, 5.41) is 60.9. The maximum atomic E-state index is 9.50. The Morgan fingerprint density at radius 1 is 0.667 bits per heavy atom. The second kappa shape index (κ2) is 16.1. The van der Waals surface area contributed by atoms with Gasteiger partial charge >= 0.3 is 0 Å². The van der Waals surface area contributed by atoms with Gasteiger partial charge in [-0.2, -0.15) is 0 Å². The summed E-state index contributed by atoms with van der Waals surface area (Å²) in [6.45, 7) is 2.98. The highest BCUT2D eigenvalue weighted by Gasteiger charge is 2.14. The summed E-state index contributed by atoms with van der Waals surface area (Å²) in [6.07, 6.45) is -0.720. The molecule has 0 heterocycles. The van der Waals surface area contributed by atoms with Gasteiger partial charge < -0.3 is 41.3 Å². The molecule has 0 aliphatic carbocycles. The van der Waals surface area contributed by atoms with Gasteiger partial charge in [0, 0.05) is 19.6 Å². The molecule has 0 radical (unpaired) electrons. The molecule has 8 N–H and O–H groups in total. The molecule has 0 aliphatic rings. The highest BCUT2D eigenvalue weighted by atomic mass is 16.3. The number of nitrogens with one attached hydrogen (secondary N) is 2. The first-order valence-electron chi connectivity index (χ1n) is 8.54. The third-order valence-corrected chi connectivity index (χ3v) is 3.49. The molecular weight excluding hydrogens is 318 g/mol. The topological polar surface area (TPSA) is 149 Å². The van der Waals surface area contributed by atoms with E-state index in [0.717, 1.165) is 32.5 Å². The lowest BCUT2D eigenvalue weighted by molar-refractivity contribution is 0.0230. The standard InChI is InChI=1S/C15H35N3O6/c19-10-13(22)7-17-4-1-3-16-5-2-6-18(8-14(23)11-20)9-15(24)12-21/h13-17,19-24H,1-12H2. The second-order valence-electron chi connectivity index (χ2n) is 5.93. The van der Waals surface area contributed by atoms with Crippen molar-refractivity contribution in [1.82, 2.24) is 15.5 Å². The quantitative estimate of drug-likeness (QED) is 0.124. The average Bonchev–Trinajstić information content (AvgIpc) is 2.59. The molecule has 0 spiro atoms. The van der Waals surface area contributed by atoms with E-state index < -0.39 is 18.3 Å². The number of aliphatic hydroxyl groups is 6. The van der Waals surface area contributed by atoms with Crippen LogP contribution in [-0.2, 0) is 0 Å². The Balaban J connectivity index is 3.68. The fourth-order valence-electron chi connectivity index (χ4n) is 2.19. The molecule has 0 aromatic rings. The summed E-state index contributed by atoms with van der Waals surface area (Å²) in [7, 11) is 0. The van der Waals surface area contributed by atoms with Gasteiger partial charge in [0.05, 0.1) is 38.1 Å². The van der Waals surface area contributed by atoms with Crippen molar-refractivity contribution < 1.29 is 30.6 Å². The van der Waals surface area contributed by atoms with Crippen LogP contribution < -0.4 is 10.6 Å². The molecule has 0 rings (SSSR count). The Kier molecular flexibility index (Phi) is 15.9. The number of nitrogens with zero attached hydrogens (tertiary/aromatic N) is 1. The van der Waals surface area contributed by atoms with Crippen LogP contribution in [-0.4, -0.2) is 119 Å². The minimum Gasteiger partial charge on any atom is -0.394 e. The summed E-state index contributed by atoms with van der Waals surface area (Å²) >= 11 is 0.